The number of piperidine rings is 1. The first-order valence-corrected chi connectivity index (χ1v) is 8.24. The van der Waals surface area contributed by atoms with E-state index in [4.69, 9.17) is 0 Å². The SMILES string of the molecule is C=CC(=O)N1CCC(C(=O)N2CCN(C)c3cc(F)ccc32)CC1. The zero-order chi connectivity index (χ0) is 17.3. The lowest BCUT2D eigenvalue weighted by atomic mass is 9.94. The van der Waals surface area contributed by atoms with Gasteiger partial charge in [0.15, 0.2) is 0 Å². The number of anilines is 2. The molecule has 1 saturated heterocycles. The van der Waals surface area contributed by atoms with Crippen molar-refractivity contribution >= 4 is 23.2 Å². The number of likely N-dealkylation sites (tertiary alicyclic amines) is 1. The van der Waals surface area contributed by atoms with Crippen molar-refractivity contribution in [3.8, 4) is 0 Å². The van der Waals surface area contributed by atoms with Crippen molar-refractivity contribution in [2.45, 2.75) is 12.8 Å². The first-order valence-electron chi connectivity index (χ1n) is 8.24. The normalized spacial score (nSPS) is 18.3. The Balaban J connectivity index is 1.74. The van der Waals surface area contributed by atoms with Crippen LogP contribution >= 0.6 is 0 Å². The second-order valence-corrected chi connectivity index (χ2v) is 6.35. The second-order valence-electron chi connectivity index (χ2n) is 6.35. The first-order chi connectivity index (χ1) is 11.5. The minimum absolute atomic E-state index is 0.0710. The molecule has 3 rings (SSSR count). The molecule has 5 nitrogen and oxygen atoms in total. The summed E-state index contributed by atoms with van der Waals surface area (Å²) in [6, 6.07) is 4.54. The number of halogens is 1. The third-order valence-corrected chi connectivity index (χ3v) is 4.90. The number of nitrogens with zero attached hydrogens (tertiary/aromatic N) is 3. The van der Waals surface area contributed by atoms with Crippen LogP contribution in [0.1, 0.15) is 12.8 Å². The lowest BCUT2D eigenvalue weighted by molar-refractivity contribution is -0.131. The van der Waals surface area contributed by atoms with E-state index in [9.17, 15) is 14.0 Å². The molecule has 1 aromatic carbocycles. The van der Waals surface area contributed by atoms with E-state index in [1.165, 1.54) is 18.2 Å². The molecule has 2 aliphatic heterocycles. The maximum Gasteiger partial charge on any atom is 0.245 e. The Bertz CT molecular complexity index is 668. The van der Waals surface area contributed by atoms with Gasteiger partial charge in [-0.05, 0) is 37.1 Å². The zero-order valence-electron chi connectivity index (χ0n) is 13.9. The summed E-state index contributed by atoms with van der Waals surface area (Å²) in [4.78, 5) is 30.1. The lowest BCUT2D eigenvalue weighted by Gasteiger charge is -2.39. The van der Waals surface area contributed by atoms with Crippen LogP contribution in [0.3, 0.4) is 0 Å². The molecule has 0 saturated carbocycles. The van der Waals surface area contributed by atoms with Crippen molar-refractivity contribution in [1.29, 1.82) is 0 Å². The number of benzene rings is 1. The molecule has 128 valence electrons. The number of carbonyl (C=O) groups is 2. The minimum Gasteiger partial charge on any atom is -0.371 e. The fraction of sp³-hybridized carbons (Fsp3) is 0.444. The zero-order valence-corrected chi connectivity index (χ0v) is 13.9. The van der Waals surface area contributed by atoms with Gasteiger partial charge in [-0.2, -0.15) is 0 Å². The van der Waals surface area contributed by atoms with Gasteiger partial charge in [0.05, 0.1) is 11.4 Å². The molecule has 0 radical (unpaired) electrons. The summed E-state index contributed by atoms with van der Waals surface area (Å²) in [6.45, 7) is 5.92. The van der Waals surface area contributed by atoms with Crippen molar-refractivity contribution in [3.63, 3.8) is 0 Å². The number of hydrogen-bond acceptors (Lipinski definition) is 3. The van der Waals surface area contributed by atoms with Gasteiger partial charge in [0.1, 0.15) is 5.82 Å². The molecular formula is C18H22FN3O2. The van der Waals surface area contributed by atoms with E-state index < -0.39 is 0 Å². The van der Waals surface area contributed by atoms with Gasteiger partial charge in [0.25, 0.3) is 0 Å². The monoisotopic (exact) mass is 331 g/mol. The van der Waals surface area contributed by atoms with Gasteiger partial charge < -0.3 is 14.7 Å². The summed E-state index contributed by atoms with van der Waals surface area (Å²) in [5.41, 5.74) is 1.51. The van der Waals surface area contributed by atoms with Crippen LogP contribution in [0.15, 0.2) is 30.9 Å². The highest BCUT2D eigenvalue weighted by atomic mass is 19.1. The Kier molecular flexibility index (Phi) is 4.55. The molecule has 0 N–H and O–H groups in total. The minimum atomic E-state index is -0.300. The molecular weight excluding hydrogens is 309 g/mol. The summed E-state index contributed by atoms with van der Waals surface area (Å²) in [7, 11) is 1.90. The van der Waals surface area contributed by atoms with Crippen LogP contribution in [0, 0.1) is 11.7 Å². The van der Waals surface area contributed by atoms with Gasteiger partial charge in [-0.15, -0.1) is 0 Å². The smallest absolute Gasteiger partial charge is 0.245 e. The maximum atomic E-state index is 13.5. The number of rotatable bonds is 2. The van der Waals surface area contributed by atoms with Crippen LogP contribution in [0.4, 0.5) is 15.8 Å². The maximum absolute atomic E-state index is 13.5. The van der Waals surface area contributed by atoms with E-state index in [0.717, 1.165) is 11.4 Å². The quantitative estimate of drug-likeness (QED) is 0.779. The standard InChI is InChI=1S/C18H22FN3O2/c1-3-17(23)21-8-6-13(7-9-21)18(24)22-11-10-20(2)16-12-14(19)4-5-15(16)22/h3-5,12-13H,1,6-11H2,2H3. The molecule has 0 unspecified atom stereocenters. The fourth-order valence-corrected chi connectivity index (χ4v) is 3.45. The molecule has 0 spiro atoms. The van der Waals surface area contributed by atoms with E-state index in [2.05, 4.69) is 6.58 Å². The number of likely N-dealkylation sites (N-methyl/N-ethyl adjacent to an activating group) is 1. The molecule has 2 aliphatic rings. The molecule has 0 aliphatic carbocycles. The predicted octanol–water partition coefficient (Wildman–Crippen LogP) is 2.03. The third kappa shape index (κ3) is 3.00. The summed E-state index contributed by atoms with van der Waals surface area (Å²) >= 11 is 0. The molecule has 0 aromatic heterocycles. The third-order valence-electron chi connectivity index (χ3n) is 4.90. The van der Waals surface area contributed by atoms with Crippen LogP contribution in [0.25, 0.3) is 0 Å². The number of carbonyl (C=O) groups excluding carboxylic acids is 2. The first kappa shape index (κ1) is 16.5. The van der Waals surface area contributed by atoms with Crippen LogP contribution in [-0.2, 0) is 9.59 Å². The van der Waals surface area contributed by atoms with E-state index in [-0.39, 0.29) is 23.5 Å². The fourth-order valence-electron chi connectivity index (χ4n) is 3.45. The number of hydrogen-bond donors (Lipinski definition) is 0. The number of amides is 2. The van der Waals surface area contributed by atoms with Crippen molar-refractivity contribution in [1.82, 2.24) is 4.90 Å². The lowest BCUT2D eigenvalue weighted by Crippen LogP contribution is -2.48. The Labute approximate surface area is 141 Å². The van der Waals surface area contributed by atoms with E-state index in [1.807, 2.05) is 11.9 Å². The Hall–Kier alpha value is -2.37. The van der Waals surface area contributed by atoms with Gasteiger partial charge in [-0.25, -0.2) is 4.39 Å². The van der Waals surface area contributed by atoms with Gasteiger partial charge in [-0.1, -0.05) is 6.58 Å². The van der Waals surface area contributed by atoms with Gasteiger partial charge in [0, 0.05) is 39.1 Å². The predicted molar refractivity (Wildman–Crippen MR) is 91.5 cm³/mol. The van der Waals surface area contributed by atoms with Gasteiger partial charge in [-0.3, -0.25) is 9.59 Å². The largest absolute Gasteiger partial charge is 0.371 e. The highest BCUT2D eigenvalue weighted by molar-refractivity contribution is 5.99. The van der Waals surface area contributed by atoms with Gasteiger partial charge in [0.2, 0.25) is 11.8 Å². The summed E-state index contributed by atoms with van der Waals surface area (Å²) in [5, 5.41) is 0. The van der Waals surface area contributed by atoms with Crippen molar-refractivity contribution in [3.05, 3.63) is 36.7 Å². The Morgan fingerprint density at radius 2 is 1.88 bits per heavy atom. The van der Waals surface area contributed by atoms with Crippen LogP contribution in [0.2, 0.25) is 0 Å². The molecule has 0 atom stereocenters. The van der Waals surface area contributed by atoms with Crippen LogP contribution < -0.4 is 9.80 Å². The molecule has 1 aromatic rings. The molecule has 2 heterocycles. The molecule has 1 fully saturated rings. The topological polar surface area (TPSA) is 43.9 Å². The summed E-state index contributed by atoms with van der Waals surface area (Å²) in [6.07, 6.45) is 2.62. The summed E-state index contributed by atoms with van der Waals surface area (Å²) in [5.74, 6) is -0.408. The Morgan fingerprint density at radius 1 is 1.17 bits per heavy atom. The highest BCUT2D eigenvalue weighted by Crippen LogP contribution is 2.34. The molecule has 2 amide bonds. The Morgan fingerprint density at radius 3 is 2.54 bits per heavy atom. The molecule has 0 bridgehead atoms. The van der Waals surface area contributed by atoms with E-state index in [1.54, 1.807) is 15.9 Å². The van der Waals surface area contributed by atoms with Crippen molar-refractivity contribution in [2.75, 3.05) is 43.0 Å². The summed E-state index contributed by atoms with van der Waals surface area (Å²) < 4.78 is 13.5. The molecule has 24 heavy (non-hydrogen) atoms. The molecule has 6 heteroatoms. The highest BCUT2D eigenvalue weighted by Gasteiger charge is 2.33. The second kappa shape index (κ2) is 6.63. The van der Waals surface area contributed by atoms with Crippen molar-refractivity contribution < 1.29 is 14.0 Å². The van der Waals surface area contributed by atoms with Crippen molar-refractivity contribution in [2.24, 2.45) is 5.92 Å². The average molecular weight is 331 g/mol. The average Bonchev–Trinajstić information content (AvgIpc) is 2.61. The van der Waals surface area contributed by atoms with Crippen LogP contribution in [-0.4, -0.2) is 49.9 Å². The van der Waals surface area contributed by atoms with Gasteiger partial charge >= 0.3 is 0 Å². The van der Waals surface area contributed by atoms with E-state index >= 15 is 0 Å². The van der Waals surface area contributed by atoms with Crippen LogP contribution in [0.5, 0.6) is 0 Å². The van der Waals surface area contributed by atoms with E-state index in [0.29, 0.717) is 39.0 Å². The number of fused-ring (bicyclic) bond motifs is 1.